The zero-order valence-corrected chi connectivity index (χ0v) is 13.8. The van der Waals surface area contributed by atoms with Crippen molar-refractivity contribution in [1.82, 2.24) is 4.98 Å². The molecule has 2 rings (SSSR count). The van der Waals surface area contributed by atoms with Crippen molar-refractivity contribution in [2.75, 3.05) is 19.5 Å². The summed E-state index contributed by atoms with van der Waals surface area (Å²) in [5, 5.41) is 5.72. The number of nitrogens with zero attached hydrogens (tertiary/aromatic N) is 1. The SMILES string of the molecule is COC(=O)/C=C(/Nc1cccc(-c2nc(C)cs2)c1)C(=O)OC. The number of aromatic nitrogens is 1. The number of esters is 2. The normalized spacial score (nSPS) is 11.0. The highest BCUT2D eigenvalue weighted by Crippen LogP contribution is 2.26. The molecule has 2 aromatic rings. The minimum Gasteiger partial charge on any atom is -0.466 e. The average molecular weight is 332 g/mol. The number of thiazole rings is 1. The van der Waals surface area contributed by atoms with Crippen molar-refractivity contribution in [3.8, 4) is 10.6 Å². The summed E-state index contributed by atoms with van der Waals surface area (Å²) in [6, 6.07) is 7.37. The molecule has 0 aliphatic carbocycles. The molecule has 7 heteroatoms. The van der Waals surface area contributed by atoms with Crippen LogP contribution in [0.15, 0.2) is 41.4 Å². The smallest absolute Gasteiger partial charge is 0.354 e. The van der Waals surface area contributed by atoms with Gasteiger partial charge in [0.2, 0.25) is 0 Å². The monoisotopic (exact) mass is 332 g/mol. The Kier molecular flexibility index (Phi) is 5.48. The zero-order valence-electron chi connectivity index (χ0n) is 13.0. The van der Waals surface area contributed by atoms with E-state index in [0.29, 0.717) is 5.69 Å². The van der Waals surface area contributed by atoms with Gasteiger partial charge in [0.1, 0.15) is 10.7 Å². The summed E-state index contributed by atoms with van der Waals surface area (Å²) >= 11 is 1.54. The van der Waals surface area contributed by atoms with Crippen LogP contribution in [-0.2, 0) is 19.1 Å². The number of benzene rings is 1. The van der Waals surface area contributed by atoms with Crippen LogP contribution in [0.4, 0.5) is 5.69 Å². The Morgan fingerprint density at radius 2 is 2.04 bits per heavy atom. The molecule has 0 saturated heterocycles. The third-order valence-corrected chi connectivity index (χ3v) is 3.89. The fourth-order valence-corrected chi connectivity index (χ4v) is 2.60. The number of nitrogens with one attached hydrogen (secondary N) is 1. The molecule has 0 unspecified atom stereocenters. The predicted molar refractivity (Wildman–Crippen MR) is 88.0 cm³/mol. The van der Waals surface area contributed by atoms with Crippen LogP contribution in [-0.4, -0.2) is 31.1 Å². The topological polar surface area (TPSA) is 77.5 Å². The Hall–Kier alpha value is -2.67. The van der Waals surface area contributed by atoms with Crippen molar-refractivity contribution in [3.05, 3.63) is 47.1 Å². The molecule has 0 spiro atoms. The molecule has 23 heavy (non-hydrogen) atoms. The highest BCUT2D eigenvalue weighted by molar-refractivity contribution is 7.13. The van der Waals surface area contributed by atoms with Crippen LogP contribution in [0, 0.1) is 6.92 Å². The van der Waals surface area contributed by atoms with Gasteiger partial charge in [0.25, 0.3) is 0 Å². The molecule has 0 aliphatic rings. The number of rotatable bonds is 5. The largest absolute Gasteiger partial charge is 0.466 e. The molecule has 0 atom stereocenters. The third kappa shape index (κ3) is 4.40. The Morgan fingerprint density at radius 3 is 2.65 bits per heavy atom. The number of ether oxygens (including phenoxy) is 2. The van der Waals surface area contributed by atoms with E-state index in [2.05, 4.69) is 19.8 Å². The lowest BCUT2D eigenvalue weighted by molar-refractivity contribution is -0.138. The van der Waals surface area contributed by atoms with Crippen LogP contribution in [0.5, 0.6) is 0 Å². The summed E-state index contributed by atoms with van der Waals surface area (Å²) < 4.78 is 9.20. The van der Waals surface area contributed by atoms with E-state index < -0.39 is 11.9 Å². The Balaban J connectivity index is 2.28. The fourth-order valence-electron chi connectivity index (χ4n) is 1.80. The van der Waals surface area contributed by atoms with E-state index in [9.17, 15) is 9.59 Å². The van der Waals surface area contributed by atoms with Gasteiger partial charge >= 0.3 is 11.9 Å². The maximum Gasteiger partial charge on any atom is 0.354 e. The van der Waals surface area contributed by atoms with Gasteiger partial charge in [-0.1, -0.05) is 12.1 Å². The van der Waals surface area contributed by atoms with E-state index in [1.165, 1.54) is 25.6 Å². The van der Waals surface area contributed by atoms with Crippen molar-refractivity contribution in [3.63, 3.8) is 0 Å². The van der Waals surface area contributed by atoms with Crippen molar-refractivity contribution in [2.45, 2.75) is 6.92 Å². The minimum absolute atomic E-state index is 0.00757. The molecule has 0 radical (unpaired) electrons. The summed E-state index contributed by atoms with van der Waals surface area (Å²) in [6.45, 7) is 1.93. The molecule has 0 amide bonds. The van der Waals surface area contributed by atoms with E-state index in [4.69, 9.17) is 0 Å². The van der Waals surface area contributed by atoms with Crippen molar-refractivity contribution in [1.29, 1.82) is 0 Å². The summed E-state index contributed by atoms with van der Waals surface area (Å²) in [5.41, 5.74) is 2.49. The van der Waals surface area contributed by atoms with Gasteiger partial charge in [-0.2, -0.15) is 0 Å². The first-order valence-electron chi connectivity index (χ1n) is 6.71. The quantitative estimate of drug-likeness (QED) is 0.670. The van der Waals surface area contributed by atoms with Crippen LogP contribution in [0.2, 0.25) is 0 Å². The molecule has 6 nitrogen and oxygen atoms in total. The summed E-state index contributed by atoms with van der Waals surface area (Å²) in [5.74, 6) is -1.31. The van der Waals surface area contributed by atoms with Crippen molar-refractivity contribution in [2.24, 2.45) is 0 Å². The summed E-state index contributed by atoms with van der Waals surface area (Å²) in [7, 11) is 2.48. The molecule has 0 aliphatic heterocycles. The van der Waals surface area contributed by atoms with Gasteiger partial charge < -0.3 is 14.8 Å². The third-order valence-electron chi connectivity index (χ3n) is 2.88. The second kappa shape index (κ2) is 7.55. The number of aryl methyl sites for hydroxylation is 1. The average Bonchev–Trinajstić information content (AvgIpc) is 3.00. The van der Waals surface area contributed by atoms with Gasteiger partial charge in [0, 0.05) is 22.3 Å². The Bertz CT molecular complexity index is 752. The highest BCUT2D eigenvalue weighted by atomic mass is 32.1. The van der Waals surface area contributed by atoms with Crippen molar-refractivity contribution < 1.29 is 19.1 Å². The van der Waals surface area contributed by atoms with Crippen molar-refractivity contribution >= 4 is 29.0 Å². The van der Waals surface area contributed by atoms with E-state index in [1.807, 2.05) is 30.5 Å². The first kappa shape index (κ1) is 16.7. The molecule has 1 aromatic carbocycles. The maximum absolute atomic E-state index is 11.8. The predicted octanol–water partition coefficient (Wildman–Crippen LogP) is 2.76. The van der Waals surface area contributed by atoms with Gasteiger partial charge in [-0.05, 0) is 19.1 Å². The van der Waals surface area contributed by atoms with E-state index in [1.54, 1.807) is 6.07 Å². The van der Waals surface area contributed by atoms with Crippen LogP contribution >= 0.6 is 11.3 Å². The Labute approximate surface area is 137 Å². The molecule has 1 aromatic heterocycles. The van der Waals surface area contributed by atoms with Crippen LogP contribution in [0.1, 0.15) is 5.69 Å². The zero-order chi connectivity index (χ0) is 16.8. The molecular formula is C16H16N2O4S. The molecule has 0 fully saturated rings. The standard InChI is InChI=1S/C16H16N2O4S/c1-10-9-23-15(17-10)11-5-4-6-12(7-11)18-13(16(20)22-3)8-14(19)21-2/h4-9,18H,1-3H3/b13-8+. The first-order valence-corrected chi connectivity index (χ1v) is 7.59. The first-order chi connectivity index (χ1) is 11.0. The summed E-state index contributed by atoms with van der Waals surface area (Å²) in [6.07, 6.45) is 1.05. The van der Waals surface area contributed by atoms with Gasteiger partial charge in [-0.25, -0.2) is 14.6 Å². The molecule has 0 saturated carbocycles. The molecular weight excluding hydrogens is 316 g/mol. The highest BCUT2D eigenvalue weighted by Gasteiger charge is 2.13. The second-order valence-electron chi connectivity index (χ2n) is 4.57. The van der Waals surface area contributed by atoms with E-state index in [-0.39, 0.29) is 5.70 Å². The summed E-state index contributed by atoms with van der Waals surface area (Å²) in [4.78, 5) is 27.5. The molecule has 1 heterocycles. The van der Waals surface area contributed by atoms with Crippen LogP contribution in [0.25, 0.3) is 10.6 Å². The number of anilines is 1. The molecule has 120 valence electrons. The minimum atomic E-state index is -0.661. The van der Waals surface area contributed by atoms with Crippen LogP contribution < -0.4 is 5.32 Å². The lowest BCUT2D eigenvalue weighted by Crippen LogP contribution is -2.15. The van der Waals surface area contributed by atoms with E-state index >= 15 is 0 Å². The van der Waals surface area contributed by atoms with Gasteiger partial charge in [0.15, 0.2) is 0 Å². The fraction of sp³-hybridized carbons (Fsp3) is 0.188. The van der Waals surface area contributed by atoms with Crippen LogP contribution in [0.3, 0.4) is 0 Å². The second-order valence-corrected chi connectivity index (χ2v) is 5.43. The number of carbonyl (C=O) groups excluding carboxylic acids is 2. The van der Waals surface area contributed by atoms with Gasteiger partial charge in [0.05, 0.1) is 20.3 Å². The van der Waals surface area contributed by atoms with Gasteiger partial charge in [-0.3, -0.25) is 0 Å². The number of hydrogen-bond acceptors (Lipinski definition) is 7. The Morgan fingerprint density at radius 1 is 1.26 bits per heavy atom. The maximum atomic E-state index is 11.8. The van der Waals surface area contributed by atoms with Gasteiger partial charge in [-0.15, -0.1) is 11.3 Å². The van der Waals surface area contributed by atoms with E-state index in [0.717, 1.165) is 22.3 Å². The molecule has 0 bridgehead atoms. The number of methoxy groups -OCH3 is 2. The molecule has 1 N–H and O–H groups in total. The lowest BCUT2D eigenvalue weighted by Gasteiger charge is -2.09. The number of hydrogen-bond donors (Lipinski definition) is 1. The lowest BCUT2D eigenvalue weighted by atomic mass is 10.2. The number of carbonyl (C=O) groups is 2.